The molecule has 0 saturated carbocycles. The van der Waals surface area contributed by atoms with Crippen molar-refractivity contribution in [2.75, 3.05) is 11.9 Å². The molecule has 0 bridgehead atoms. The number of ether oxygens (including phenoxy) is 1. The maximum atomic E-state index is 13.7. The molecule has 0 aromatic carbocycles. The first-order chi connectivity index (χ1) is 10.7. The van der Waals surface area contributed by atoms with Crippen LogP contribution in [0.4, 0.5) is 15.0 Å². The molecule has 2 atom stereocenters. The van der Waals surface area contributed by atoms with Gasteiger partial charge in [0.2, 0.25) is 5.91 Å². The van der Waals surface area contributed by atoms with Crippen molar-refractivity contribution in [3.8, 4) is 0 Å². The highest BCUT2D eigenvalue weighted by atomic mass is 35.5. The summed E-state index contributed by atoms with van der Waals surface area (Å²) in [6, 6.07) is -0.972. The van der Waals surface area contributed by atoms with Crippen LogP contribution in [0.5, 0.6) is 0 Å². The van der Waals surface area contributed by atoms with Gasteiger partial charge in [0.1, 0.15) is 23.0 Å². The van der Waals surface area contributed by atoms with Gasteiger partial charge in [-0.3, -0.25) is 14.7 Å². The Labute approximate surface area is 138 Å². The summed E-state index contributed by atoms with van der Waals surface area (Å²) in [6.07, 6.45) is 0.513. The van der Waals surface area contributed by atoms with E-state index in [2.05, 4.69) is 15.3 Å². The summed E-state index contributed by atoms with van der Waals surface area (Å²) in [5.74, 6) is -0.429. The minimum Gasteiger partial charge on any atom is -0.444 e. The van der Waals surface area contributed by atoms with Gasteiger partial charge in [0, 0.05) is 6.42 Å². The molecule has 1 aliphatic heterocycles. The molecule has 1 aromatic heterocycles. The van der Waals surface area contributed by atoms with Crippen LogP contribution in [0, 0.1) is 0 Å². The standard InChI is InChI=1S/C14H18ClFN4O3/c1-14(2,3)23-13(22)20-7-8(16)4-9(20)12(21)19-11-6-17-5-10(15)18-11/h5-6,8-9H,4,7H2,1-3H3,(H,18,19,21)/t8-,9+/m1/s1. The normalized spacial score (nSPS) is 21.2. The number of hydrogen-bond donors (Lipinski definition) is 1. The third-order valence-electron chi connectivity index (χ3n) is 3.04. The Hall–Kier alpha value is -1.96. The van der Waals surface area contributed by atoms with Gasteiger partial charge in [-0.15, -0.1) is 0 Å². The van der Waals surface area contributed by atoms with Crippen LogP contribution in [0.25, 0.3) is 0 Å². The van der Waals surface area contributed by atoms with Crippen LogP contribution in [0.15, 0.2) is 12.4 Å². The van der Waals surface area contributed by atoms with E-state index in [4.69, 9.17) is 16.3 Å². The minimum atomic E-state index is -1.29. The van der Waals surface area contributed by atoms with Gasteiger partial charge in [-0.1, -0.05) is 11.6 Å². The molecule has 1 fully saturated rings. The van der Waals surface area contributed by atoms with Crippen LogP contribution >= 0.6 is 11.6 Å². The van der Waals surface area contributed by atoms with E-state index in [-0.39, 0.29) is 23.9 Å². The van der Waals surface area contributed by atoms with E-state index in [9.17, 15) is 14.0 Å². The Morgan fingerprint density at radius 2 is 2.13 bits per heavy atom. The number of carbonyl (C=O) groups is 2. The van der Waals surface area contributed by atoms with E-state index in [1.54, 1.807) is 20.8 Å². The number of rotatable bonds is 2. The number of aromatic nitrogens is 2. The van der Waals surface area contributed by atoms with Crippen molar-refractivity contribution in [2.24, 2.45) is 0 Å². The smallest absolute Gasteiger partial charge is 0.411 e. The van der Waals surface area contributed by atoms with E-state index in [0.29, 0.717) is 0 Å². The van der Waals surface area contributed by atoms with Gasteiger partial charge in [0.15, 0.2) is 5.82 Å². The molecule has 1 aliphatic rings. The Bertz CT molecular complexity index is 608. The molecule has 1 aromatic rings. The lowest BCUT2D eigenvalue weighted by atomic mass is 10.2. The third kappa shape index (κ3) is 4.75. The first-order valence-corrected chi connectivity index (χ1v) is 7.45. The third-order valence-corrected chi connectivity index (χ3v) is 3.22. The second kappa shape index (κ2) is 6.66. The van der Waals surface area contributed by atoms with Crippen LogP contribution in [0.1, 0.15) is 27.2 Å². The summed E-state index contributed by atoms with van der Waals surface area (Å²) in [4.78, 5) is 33.2. The molecule has 2 rings (SSSR count). The molecular weight excluding hydrogens is 327 g/mol. The number of anilines is 1. The van der Waals surface area contributed by atoms with E-state index >= 15 is 0 Å². The summed E-state index contributed by atoms with van der Waals surface area (Å²) in [7, 11) is 0. The predicted molar refractivity (Wildman–Crippen MR) is 81.9 cm³/mol. The number of nitrogens with zero attached hydrogens (tertiary/aromatic N) is 3. The monoisotopic (exact) mass is 344 g/mol. The summed E-state index contributed by atoms with van der Waals surface area (Å²) in [5.41, 5.74) is -0.731. The fraction of sp³-hybridized carbons (Fsp3) is 0.571. The van der Waals surface area contributed by atoms with Crippen molar-refractivity contribution in [1.82, 2.24) is 14.9 Å². The van der Waals surface area contributed by atoms with Gasteiger partial charge in [0.25, 0.3) is 0 Å². The van der Waals surface area contributed by atoms with Crippen LogP contribution in [-0.4, -0.2) is 51.2 Å². The number of hydrogen-bond acceptors (Lipinski definition) is 5. The van der Waals surface area contributed by atoms with Gasteiger partial charge < -0.3 is 10.1 Å². The second-order valence-electron chi connectivity index (χ2n) is 6.20. The molecule has 0 unspecified atom stereocenters. The number of alkyl halides is 1. The lowest BCUT2D eigenvalue weighted by molar-refractivity contribution is -0.120. The molecule has 1 N–H and O–H groups in total. The molecule has 2 heterocycles. The minimum absolute atomic E-state index is 0.0981. The maximum Gasteiger partial charge on any atom is 0.411 e. The lowest BCUT2D eigenvalue weighted by Crippen LogP contribution is -2.45. The zero-order valence-corrected chi connectivity index (χ0v) is 13.8. The van der Waals surface area contributed by atoms with Crippen molar-refractivity contribution in [3.05, 3.63) is 17.5 Å². The molecule has 2 amide bonds. The number of halogens is 2. The first-order valence-electron chi connectivity index (χ1n) is 7.08. The molecule has 0 spiro atoms. The van der Waals surface area contributed by atoms with Crippen molar-refractivity contribution >= 4 is 29.4 Å². The molecule has 23 heavy (non-hydrogen) atoms. The van der Waals surface area contributed by atoms with Crippen LogP contribution in [0.3, 0.4) is 0 Å². The highest BCUT2D eigenvalue weighted by Gasteiger charge is 2.41. The average molecular weight is 345 g/mol. The fourth-order valence-electron chi connectivity index (χ4n) is 2.17. The molecule has 0 aliphatic carbocycles. The Morgan fingerprint density at radius 3 is 2.74 bits per heavy atom. The molecule has 1 saturated heterocycles. The summed E-state index contributed by atoms with van der Waals surface area (Å²) >= 11 is 5.69. The summed E-state index contributed by atoms with van der Waals surface area (Å²) in [6.45, 7) is 4.91. The molecule has 9 heteroatoms. The number of amides is 2. The average Bonchev–Trinajstić information content (AvgIpc) is 2.79. The van der Waals surface area contributed by atoms with Gasteiger partial charge in [0.05, 0.1) is 18.9 Å². The predicted octanol–water partition coefficient (Wildman–Crippen LogP) is 2.42. The lowest BCUT2D eigenvalue weighted by Gasteiger charge is -2.27. The maximum absolute atomic E-state index is 13.7. The van der Waals surface area contributed by atoms with Crippen LogP contribution in [0.2, 0.25) is 5.15 Å². The molecular formula is C14H18ClFN4O3. The quantitative estimate of drug-likeness (QED) is 0.890. The Balaban J connectivity index is 2.09. The van der Waals surface area contributed by atoms with Crippen LogP contribution in [-0.2, 0) is 9.53 Å². The zero-order valence-electron chi connectivity index (χ0n) is 13.0. The first kappa shape index (κ1) is 17.4. The summed E-state index contributed by atoms with van der Waals surface area (Å²) < 4.78 is 18.9. The highest BCUT2D eigenvalue weighted by molar-refractivity contribution is 6.29. The Morgan fingerprint density at radius 1 is 1.43 bits per heavy atom. The van der Waals surface area contributed by atoms with Crippen LogP contribution < -0.4 is 5.32 Å². The van der Waals surface area contributed by atoms with Gasteiger partial charge in [-0.05, 0) is 20.8 Å². The van der Waals surface area contributed by atoms with E-state index in [0.717, 1.165) is 4.90 Å². The van der Waals surface area contributed by atoms with E-state index in [1.165, 1.54) is 12.4 Å². The van der Waals surface area contributed by atoms with E-state index < -0.39 is 29.8 Å². The van der Waals surface area contributed by atoms with Gasteiger partial charge >= 0.3 is 6.09 Å². The van der Waals surface area contributed by atoms with Crippen molar-refractivity contribution < 1.29 is 18.7 Å². The van der Waals surface area contributed by atoms with Crippen molar-refractivity contribution in [3.63, 3.8) is 0 Å². The largest absolute Gasteiger partial charge is 0.444 e. The molecule has 7 nitrogen and oxygen atoms in total. The van der Waals surface area contributed by atoms with Gasteiger partial charge in [-0.2, -0.15) is 0 Å². The number of nitrogens with one attached hydrogen (secondary N) is 1. The molecule has 126 valence electrons. The van der Waals surface area contributed by atoms with Crippen molar-refractivity contribution in [1.29, 1.82) is 0 Å². The highest BCUT2D eigenvalue weighted by Crippen LogP contribution is 2.24. The Kier molecular flexibility index (Phi) is 5.03. The van der Waals surface area contributed by atoms with Gasteiger partial charge in [-0.25, -0.2) is 14.2 Å². The zero-order chi connectivity index (χ0) is 17.2. The van der Waals surface area contributed by atoms with E-state index in [1.807, 2.05) is 0 Å². The van der Waals surface area contributed by atoms with Crippen molar-refractivity contribution in [2.45, 2.75) is 45.0 Å². The fourth-order valence-corrected chi connectivity index (χ4v) is 2.31. The summed E-state index contributed by atoms with van der Waals surface area (Å²) in [5, 5.41) is 2.59. The topological polar surface area (TPSA) is 84.4 Å². The molecule has 0 radical (unpaired) electrons. The SMILES string of the molecule is CC(C)(C)OC(=O)N1C[C@H](F)C[C@H]1C(=O)Nc1cncc(Cl)n1. The number of likely N-dealkylation sites (tertiary alicyclic amines) is 1. The second-order valence-corrected chi connectivity index (χ2v) is 6.59. The number of carbonyl (C=O) groups excluding carboxylic acids is 2.